The number of rotatable bonds is 1. The molecule has 1 radical (unpaired) electrons. The molecule has 67 valence electrons. The largest absolute Gasteiger partial charge is 0.408 e. The Balaban J connectivity index is 2.83. The quantitative estimate of drug-likeness (QED) is 0.640. The zero-order valence-corrected chi connectivity index (χ0v) is 6.74. The number of aromatic nitrogens is 2. The molecule has 2 nitrogen and oxygen atoms in total. The van der Waals surface area contributed by atoms with E-state index < -0.39 is 12.7 Å². The maximum absolute atomic E-state index is 11.9. The number of hydrogen-bond acceptors (Lipinski definition) is 1. The van der Waals surface area contributed by atoms with Gasteiger partial charge in [-0.25, -0.2) is 0 Å². The van der Waals surface area contributed by atoms with E-state index in [4.69, 9.17) is 0 Å². The van der Waals surface area contributed by atoms with E-state index in [1.54, 1.807) is 13.8 Å². The maximum Gasteiger partial charge on any atom is 0.408 e. The molecule has 0 aliphatic heterocycles. The third-order valence-electron chi connectivity index (χ3n) is 1.60. The van der Waals surface area contributed by atoms with Crippen molar-refractivity contribution in [1.82, 2.24) is 9.78 Å². The first-order chi connectivity index (χ1) is 5.40. The van der Waals surface area contributed by atoms with Gasteiger partial charge in [-0.3, -0.25) is 4.68 Å². The Morgan fingerprint density at radius 3 is 2.33 bits per heavy atom. The summed E-state index contributed by atoms with van der Waals surface area (Å²) >= 11 is 0. The van der Waals surface area contributed by atoms with Crippen LogP contribution in [0.2, 0.25) is 0 Å². The number of hydrogen-bond donors (Lipinski definition) is 0. The van der Waals surface area contributed by atoms with Crippen LogP contribution in [0.1, 0.15) is 11.3 Å². The van der Waals surface area contributed by atoms with Crippen LogP contribution < -0.4 is 0 Å². The minimum Gasteiger partial charge on any atom is -0.260 e. The average molecular weight is 177 g/mol. The van der Waals surface area contributed by atoms with Crippen molar-refractivity contribution in [3.63, 3.8) is 0 Å². The van der Waals surface area contributed by atoms with Crippen molar-refractivity contribution < 1.29 is 13.2 Å². The highest BCUT2D eigenvalue weighted by molar-refractivity contribution is 5.11. The highest BCUT2D eigenvalue weighted by atomic mass is 19.4. The van der Waals surface area contributed by atoms with Gasteiger partial charge in [-0.15, -0.1) is 0 Å². The first-order valence-corrected chi connectivity index (χ1v) is 3.38. The third kappa shape index (κ3) is 1.99. The van der Waals surface area contributed by atoms with Crippen molar-refractivity contribution >= 4 is 0 Å². The second kappa shape index (κ2) is 2.80. The summed E-state index contributed by atoms with van der Waals surface area (Å²) in [6, 6.07) is 0. The van der Waals surface area contributed by atoms with E-state index >= 15 is 0 Å². The third-order valence-corrected chi connectivity index (χ3v) is 1.60. The van der Waals surface area contributed by atoms with Gasteiger partial charge in [0.15, 0.2) is 0 Å². The van der Waals surface area contributed by atoms with E-state index in [0.29, 0.717) is 11.3 Å². The lowest BCUT2D eigenvalue weighted by Crippen LogP contribution is -2.19. The number of halogens is 3. The van der Waals surface area contributed by atoms with Gasteiger partial charge in [0.1, 0.15) is 12.7 Å². The summed E-state index contributed by atoms with van der Waals surface area (Å²) in [4.78, 5) is 0. The standard InChI is InChI=1S/C7H8F3N2/c1-5-3-11-12(6(5)2)4-7(8,9)10/h4H2,1-2H3. The van der Waals surface area contributed by atoms with E-state index in [0.717, 1.165) is 4.68 Å². The Bertz CT molecular complexity index is 275. The normalized spacial score (nSPS) is 12.1. The van der Waals surface area contributed by atoms with Crippen molar-refractivity contribution in [3.05, 3.63) is 17.5 Å². The summed E-state index contributed by atoms with van der Waals surface area (Å²) in [7, 11) is 0. The predicted molar refractivity (Wildman–Crippen MR) is 36.6 cm³/mol. The van der Waals surface area contributed by atoms with Crippen molar-refractivity contribution in [2.24, 2.45) is 0 Å². The topological polar surface area (TPSA) is 17.8 Å². The molecule has 0 N–H and O–H groups in total. The molecule has 0 unspecified atom stereocenters. The smallest absolute Gasteiger partial charge is 0.260 e. The molecular formula is C7H8F3N2. The van der Waals surface area contributed by atoms with E-state index in [2.05, 4.69) is 11.3 Å². The second-order valence-electron chi connectivity index (χ2n) is 2.60. The lowest BCUT2D eigenvalue weighted by molar-refractivity contribution is -0.142. The summed E-state index contributed by atoms with van der Waals surface area (Å²) in [6.45, 7) is 2.23. The van der Waals surface area contributed by atoms with Gasteiger partial charge in [-0.2, -0.15) is 18.3 Å². The summed E-state index contributed by atoms with van der Waals surface area (Å²) in [6.07, 6.45) is -1.74. The SMILES string of the molecule is Cc1[c]nn(CC(F)(F)F)c1C. The maximum atomic E-state index is 11.9. The fourth-order valence-electron chi connectivity index (χ4n) is 0.809. The van der Waals surface area contributed by atoms with E-state index in [1.807, 2.05) is 0 Å². The molecule has 0 bridgehead atoms. The van der Waals surface area contributed by atoms with E-state index in [1.165, 1.54) is 0 Å². The lowest BCUT2D eigenvalue weighted by atomic mass is 10.3. The van der Waals surface area contributed by atoms with Crippen molar-refractivity contribution in [1.29, 1.82) is 0 Å². The molecular weight excluding hydrogens is 169 g/mol. The minimum atomic E-state index is -4.21. The van der Waals surface area contributed by atoms with Gasteiger partial charge in [0, 0.05) is 5.69 Å². The molecule has 1 rings (SSSR count). The van der Waals surface area contributed by atoms with Crippen LogP contribution in [-0.2, 0) is 6.54 Å². The molecule has 5 heteroatoms. The fraction of sp³-hybridized carbons (Fsp3) is 0.571. The molecule has 1 heterocycles. The van der Waals surface area contributed by atoms with E-state index in [-0.39, 0.29) is 0 Å². The molecule has 0 spiro atoms. The number of alkyl halides is 3. The van der Waals surface area contributed by atoms with E-state index in [9.17, 15) is 13.2 Å². The average Bonchev–Trinajstić information content (AvgIpc) is 2.16. The van der Waals surface area contributed by atoms with Crippen molar-refractivity contribution in [3.8, 4) is 0 Å². The molecule has 0 aromatic carbocycles. The molecule has 0 amide bonds. The highest BCUT2D eigenvalue weighted by Gasteiger charge is 2.29. The number of aryl methyl sites for hydroxylation is 1. The monoisotopic (exact) mass is 177 g/mol. The Kier molecular flexibility index (Phi) is 2.12. The molecule has 12 heavy (non-hydrogen) atoms. The Morgan fingerprint density at radius 2 is 2.00 bits per heavy atom. The summed E-state index contributed by atoms with van der Waals surface area (Å²) < 4.78 is 36.5. The molecule has 0 saturated heterocycles. The molecule has 0 aliphatic rings. The second-order valence-corrected chi connectivity index (χ2v) is 2.60. The molecule has 0 saturated carbocycles. The Hall–Kier alpha value is -1.00. The van der Waals surface area contributed by atoms with Gasteiger partial charge >= 0.3 is 6.18 Å². The molecule has 1 aromatic rings. The lowest BCUT2D eigenvalue weighted by Gasteiger charge is -2.07. The molecule has 0 fully saturated rings. The first kappa shape index (κ1) is 9.09. The first-order valence-electron chi connectivity index (χ1n) is 3.38. The van der Waals surface area contributed by atoms with Gasteiger partial charge in [0.05, 0.1) is 0 Å². The van der Waals surface area contributed by atoms with Crippen LogP contribution in [-0.4, -0.2) is 16.0 Å². The van der Waals surface area contributed by atoms with Crippen LogP contribution in [0.3, 0.4) is 0 Å². The Labute approximate surface area is 68.0 Å². The number of nitrogens with zero attached hydrogens (tertiary/aromatic N) is 2. The predicted octanol–water partition coefficient (Wildman–Crippen LogP) is 1.86. The zero-order chi connectivity index (χ0) is 9.35. The van der Waals surface area contributed by atoms with Gasteiger partial charge < -0.3 is 0 Å². The van der Waals surface area contributed by atoms with Gasteiger partial charge in [0.2, 0.25) is 0 Å². The summed E-state index contributed by atoms with van der Waals surface area (Å²) in [5, 5.41) is 3.47. The zero-order valence-electron chi connectivity index (χ0n) is 6.74. The highest BCUT2D eigenvalue weighted by Crippen LogP contribution is 2.18. The van der Waals surface area contributed by atoms with Gasteiger partial charge in [-0.05, 0) is 19.4 Å². The molecule has 1 aromatic heterocycles. The summed E-state index contributed by atoms with van der Waals surface area (Å²) in [5.74, 6) is 0. The molecule has 0 atom stereocenters. The van der Waals surface area contributed by atoms with Crippen molar-refractivity contribution in [2.45, 2.75) is 26.6 Å². The van der Waals surface area contributed by atoms with Crippen LogP contribution >= 0.6 is 0 Å². The van der Waals surface area contributed by atoms with Crippen LogP contribution in [0.15, 0.2) is 0 Å². The van der Waals surface area contributed by atoms with Crippen LogP contribution in [0.5, 0.6) is 0 Å². The van der Waals surface area contributed by atoms with Crippen LogP contribution in [0.25, 0.3) is 0 Å². The summed E-state index contributed by atoms with van der Waals surface area (Å²) in [5.41, 5.74) is 1.16. The van der Waals surface area contributed by atoms with Gasteiger partial charge in [0.25, 0.3) is 0 Å². The fourth-order valence-corrected chi connectivity index (χ4v) is 0.809. The van der Waals surface area contributed by atoms with Crippen LogP contribution in [0, 0.1) is 20.0 Å². The molecule has 0 aliphatic carbocycles. The van der Waals surface area contributed by atoms with Gasteiger partial charge in [-0.1, -0.05) is 0 Å². The van der Waals surface area contributed by atoms with Crippen LogP contribution in [0.4, 0.5) is 13.2 Å². The minimum absolute atomic E-state index is 0.507. The Morgan fingerprint density at radius 1 is 1.42 bits per heavy atom. The van der Waals surface area contributed by atoms with Crippen molar-refractivity contribution in [2.75, 3.05) is 0 Å².